The largest absolute Gasteiger partial charge is 0.493 e. The highest BCUT2D eigenvalue weighted by Crippen LogP contribution is 2.30. The summed E-state index contributed by atoms with van der Waals surface area (Å²) in [6, 6.07) is 12.3. The second kappa shape index (κ2) is 6.96. The van der Waals surface area contributed by atoms with Crippen molar-refractivity contribution in [2.75, 3.05) is 14.2 Å². The van der Waals surface area contributed by atoms with Gasteiger partial charge in [0.05, 0.1) is 25.3 Å². The number of H-pyrrole nitrogens is 1. The van der Waals surface area contributed by atoms with Crippen molar-refractivity contribution in [3.05, 3.63) is 59.8 Å². The molecule has 0 radical (unpaired) electrons. The van der Waals surface area contributed by atoms with E-state index in [1.165, 1.54) is 14.2 Å². The van der Waals surface area contributed by atoms with Gasteiger partial charge in [-0.1, -0.05) is 24.3 Å². The molecule has 25 heavy (non-hydrogen) atoms. The van der Waals surface area contributed by atoms with Crippen molar-refractivity contribution >= 4 is 22.7 Å². The SMILES string of the molecule is COc1cccc(C(=O)NNC(=O)c2c[nH]c3ccccc23)c1OC. The van der Waals surface area contributed by atoms with E-state index in [0.717, 1.165) is 10.9 Å². The van der Waals surface area contributed by atoms with Crippen molar-refractivity contribution in [3.8, 4) is 11.5 Å². The summed E-state index contributed by atoms with van der Waals surface area (Å²) in [5.74, 6) is -0.210. The summed E-state index contributed by atoms with van der Waals surface area (Å²) in [4.78, 5) is 27.7. The number of benzene rings is 2. The minimum absolute atomic E-state index is 0.251. The summed E-state index contributed by atoms with van der Waals surface area (Å²) < 4.78 is 10.4. The van der Waals surface area contributed by atoms with Gasteiger partial charge in [0.2, 0.25) is 0 Å². The highest BCUT2D eigenvalue weighted by atomic mass is 16.5. The first-order valence-electron chi connectivity index (χ1n) is 7.53. The third-order valence-electron chi connectivity index (χ3n) is 3.77. The Morgan fingerprint density at radius 2 is 1.60 bits per heavy atom. The first kappa shape index (κ1) is 16.4. The number of carbonyl (C=O) groups is 2. The monoisotopic (exact) mass is 339 g/mol. The van der Waals surface area contributed by atoms with Crippen LogP contribution in [0, 0.1) is 0 Å². The van der Waals surface area contributed by atoms with Gasteiger partial charge >= 0.3 is 0 Å². The van der Waals surface area contributed by atoms with E-state index in [4.69, 9.17) is 9.47 Å². The molecule has 2 aromatic carbocycles. The van der Waals surface area contributed by atoms with Gasteiger partial charge in [-0.15, -0.1) is 0 Å². The van der Waals surface area contributed by atoms with Crippen LogP contribution in [0.25, 0.3) is 10.9 Å². The maximum atomic E-state index is 12.4. The van der Waals surface area contributed by atoms with Gasteiger partial charge in [-0.2, -0.15) is 0 Å². The Kier molecular flexibility index (Phi) is 4.56. The van der Waals surface area contributed by atoms with Crippen LogP contribution in [0.5, 0.6) is 11.5 Å². The number of ether oxygens (including phenoxy) is 2. The van der Waals surface area contributed by atoms with E-state index in [2.05, 4.69) is 15.8 Å². The van der Waals surface area contributed by atoms with Gasteiger partial charge in [0.1, 0.15) is 0 Å². The second-order valence-electron chi connectivity index (χ2n) is 5.20. The number of nitrogens with one attached hydrogen (secondary N) is 3. The maximum absolute atomic E-state index is 12.4. The fraction of sp³-hybridized carbons (Fsp3) is 0.111. The molecule has 0 aliphatic heterocycles. The molecule has 0 atom stereocenters. The molecule has 0 saturated heterocycles. The average molecular weight is 339 g/mol. The van der Waals surface area contributed by atoms with Crippen molar-refractivity contribution < 1.29 is 19.1 Å². The number of aromatic nitrogens is 1. The molecule has 1 aromatic heterocycles. The molecule has 0 fully saturated rings. The summed E-state index contributed by atoms with van der Waals surface area (Å²) >= 11 is 0. The lowest BCUT2D eigenvalue weighted by atomic mass is 10.1. The number of hydrogen-bond acceptors (Lipinski definition) is 4. The number of hydrogen-bond donors (Lipinski definition) is 3. The number of amides is 2. The van der Waals surface area contributed by atoms with Crippen molar-refractivity contribution in [1.82, 2.24) is 15.8 Å². The molecule has 128 valence electrons. The Balaban J connectivity index is 1.75. The van der Waals surface area contributed by atoms with E-state index >= 15 is 0 Å². The summed E-state index contributed by atoms with van der Waals surface area (Å²) in [6.45, 7) is 0. The highest BCUT2D eigenvalue weighted by Gasteiger charge is 2.18. The second-order valence-corrected chi connectivity index (χ2v) is 5.20. The van der Waals surface area contributed by atoms with Crippen LogP contribution in [0.2, 0.25) is 0 Å². The van der Waals surface area contributed by atoms with Crippen LogP contribution in [0.4, 0.5) is 0 Å². The fourth-order valence-electron chi connectivity index (χ4n) is 2.57. The Labute approximate surface area is 143 Å². The van der Waals surface area contributed by atoms with Crippen LogP contribution in [0.3, 0.4) is 0 Å². The van der Waals surface area contributed by atoms with Crippen molar-refractivity contribution in [2.24, 2.45) is 0 Å². The van der Waals surface area contributed by atoms with Gasteiger partial charge in [0, 0.05) is 17.1 Å². The molecule has 0 bridgehead atoms. The zero-order valence-corrected chi connectivity index (χ0v) is 13.8. The highest BCUT2D eigenvalue weighted by molar-refractivity contribution is 6.08. The molecular weight excluding hydrogens is 322 g/mol. The molecule has 1 heterocycles. The topological polar surface area (TPSA) is 92.5 Å². The van der Waals surface area contributed by atoms with Crippen LogP contribution in [-0.4, -0.2) is 31.0 Å². The van der Waals surface area contributed by atoms with E-state index in [-0.39, 0.29) is 5.56 Å². The van der Waals surface area contributed by atoms with Crippen LogP contribution in [0.15, 0.2) is 48.7 Å². The molecule has 0 aliphatic rings. The third kappa shape index (κ3) is 3.12. The standard InChI is InChI=1S/C18H17N3O4/c1-24-15-9-5-7-12(16(15)25-2)17(22)20-21-18(23)13-10-19-14-8-4-3-6-11(13)14/h3-10,19H,1-2H3,(H,20,22)(H,21,23). The van der Waals surface area contributed by atoms with Gasteiger partial charge in [-0.3, -0.25) is 20.4 Å². The molecule has 3 rings (SSSR count). The van der Waals surface area contributed by atoms with Crippen LogP contribution in [-0.2, 0) is 0 Å². The lowest BCUT2D eigenvalue weighted by Crippen LogP contribution is -2.41. The Morgan fingerprint density at radius 3 is 2.32 bits per heavy atom. The van der Waals surface area contributed by atoms with E-state index in [9.17, 15) is 9.59 Å². The molecular formula is C18H17N3O4. The maximum Gasteiger partial charge on any atom is 0.273 e. The Hall–Kier alpha value is -3.48. The average Bonchev–Trinajstić information content (AvgIpc) is 3.09. The van der Waals surface area contributed by atoms with Crippen LogP contribution < -0.4 is 20.3 Å². The molecule has 2 amide bonds. The van der Waals surface area contributed by atoms with Gasteiger partial charge < -0.3 is 14.5 Å². The quantitative estimate of drug-likeness (QED) is 0.636. The predicted octanol–water partition coefficient (Wildman–Crippen LogP) is 2.26. The Bertz CT molecular complexity index is 933. The predicted molar refractivity (Wildman–Crippen MR) is 92.8 cm³/mol. The molecule has 3 N–H and O–H groups in total. The smallest absolute Gasteiger partial charge is 0.273 e. The van der Waals surface area contributed by atoms with Crippen LogP contribution in [0.1, 0.15) is 20.7 Å². The number of carbonyl (C=O) groups excluding carboxylic acids is 2. The summed E-state index contributed by atoms with van der Waals surface area (Å²) in [7, 11) is 2.93. The molecule has 0 aliphatic carbocycles. The molecule has 7 heteroatoms. The number of para-hydroxylation sites is 2. The number of hydrazine groups is 1. The normalized spacial score (nSPS) is 10.3. The minimum atomic E-state index is -0.510. The molecule has 3 aromatic rings. The fourth-order valence-corrected chi connectivity index (χ4v) is 2.57. The minimum Gasteiger partial charge on any atom is -0.493 e. The lowest BCUT2D eigenvalue weighted by Gasteiger charge is -2.12. The van der Waals surface area contributed by atoms with E-state index in [1.807, 2.05) is 24.3 Å². The van der Waals surface area contributed by atoms with Crippen molar-refractivity contribution in [2.45, 2.75) is 0 Å². The van der Waals surface area contributed by atoms with Gasteiger partial charge in [-0.05, 0) is 18.2 Å². The van der Waals surface area contributed by atoms with Gasteiger partial charge in [0.15, 0.2) is 11.5 Å². The lowest BCUT2D eigenvalue weighted by molar-refractivity contribution is 0.0845. The van der Waals surface area contributed by atoms with E-state index in [0.29, 0.717) is 17.1 Å². The number of methoxy groups -OCH3 is 2. The zero-order valence-electron chi connectivity index (χ0n) is 13.8. The van der Waals surface area contributed by atoms with Gasteiger partial charge in [-0.25, -0.2) is 0 Å². The number of aromatic amines is 1. The molecule has 7 nitrogen and oxygen atoms in total. The van der Waals surface area contributed by atoms with E-state index in [1.54, 1.807) is 24.4 Å². The van der Waals surface area contributed by atoms with Gasteiger partial charge in [0.25, 0.3) is 11.8 Å². The summed E-state index contributed by atoms with van der Waals surface area (Å²) in [6.07, 6.45) is 1.60. The zero-order chi connectivity index (χ0) is 17.8. The summed E-state index contributed by atoms with van der Waals surface area (Å²) in [5.41, 5.74) is 6.33. The summed E-state index contributed by atoms with van der Waals surface area (Å²) in [5, 5.41) is 0.771. The third-order valence-corrected chi connectivity index (χ3v) is 3.77. The first-order chi connectivity index (χ1) is 12.2. The van der Waals surface area contributed by atoms with E-state index < -0.39 is 11.8 Å². The molecule has 0 saturated carbocycles. The Morgan fingerprint density at radius 1 is 0.880 bits per heavy atom. The number of rotatable bonds is 4. The number of fused-ring (bicyclic) bond motifs is 1. The van der Waals surface area contributed by atoms with Crippen LogP contribution >= 0.6 is 0 Å². The van der Waals surface area contributed by atoms with Crippen molar-refractivity contribution in [1.29, 1.82) is 0 Å². The van der Waals surface area contributed by atoms with Crippen molar-refractivity contribution in [3.63, 3.8) is 0 Å². The first-order valence-corrected chi connectivity index (χ1v) is 7.53. The molecule has 0 unspecified atom stereocenters. The molecule has 0 spiro atoms.